The maximum Gasteiger partial charge on any atom is 0.319 e. The van der Waals surface area contributed by atoms with Crippen LogP contribution in [-0.4, -0.2) is 89.8 Å². The first-order valence-electron chi connectivity index (χ1n) is 14.0. The number of hydrogen-bond donors (Lipinski definition) is 2. The Labute approximate surface area is 237 Å². The van der Waals surface area contributed by atoms with Crippen molar-refractivity contribution >= 4 is 39.2 Å². The zero-order chi connectivity index (χ0) is 27.4. The Balaban J connectivity index is 1.42. The molecule has 0 bridgehead atoms. The predicted molar refractivity (Wildman–Crippen MR) is 155 cm³/mol. The van der Waals surface area contributed by atoms with E-state index in [4.69, 9.17) is 31.0 Å². The lowest BCUT2D eigenvalue weighted by atomic mass is 9.94. The zero-order valence-electron chi connectivity index (χ0n) is 22.7. The standard InChI is InChI=1S/C29H33ClFN7O2/c1-16-3-6-23-21(13-33-36-23)24(16)25-22(30)12-20-26(27(25)40-19-4-5-19)34-29(35-28(20)38-9-7-32-8-10-38)39-15-18-11-17(31)14-37(18)2/h3,6,12-13,17-19,32H,4-5,7-11,14-15H2,1-2H3,(H,33,36)/t17-,18+/m1/s1. The van der Waals surface area contributed by atoms with Gasteiger partial charge in [-0.05, 0) is 50.9 Å². The molecule has 2 N–H and O–H groups in total. The average molecular weight is 566 g/mol. The van der Waals surface area contributed by atoms with Gasteiger partial charge >= 0.3 is 6.01 Å². The predicted octanol–water partition coefficient (Wildman–Crippen LogP) is 4.51. The van der Waals surface area contributed by atoms with Gasteiger partial charge in [-0.3, -0.25) is 10.00 Å². The Morgan fingerprint density at radius 1 is 1.12 bits per heavy atom. The van der Waals surface area contributed by atoms with E-state index in [-0.39, 0.29) is 18.2 Å². The number of likely N-dealkylation sites (tertiary alicyclic amines) is 1. The molecule has 1 saturated carbocycles. The molecule has 0 spiro atoms. The van der Waals surface area contributed by atoms with Crippen molar-refractivity contribution in [1.29, 1.82) is 0 Å². The van der Waals surface area contributed by atoms with Crippen molar-refractivity contribution in [2.75, 3.05) is 51.3 Å². The summed E-state index contributed by atoms with van der Waals surface area (Å²) in [6.45, 7) is 6.10. The number of nitrogens with zero attached hydrogens (tertiary/aromatic N) is 5. The van der Waals surface area contributed by atoms with Gasteiger partial charge in [0.15, 0.2) is 5.75 Å². The normalized spacial score (nSPS) is 21.9. The molecule has 2 atom stereocenters. The maximum atomic E-state index is 14.0. The van der Waals surface area contributed by atoms with Gasteiger partial charge in [-0.2, -0.15) is 15.1 Å². The van der Waals surface area contributed by atoms with E-state index < -0.39 is 6.17 Å². The number of H-pyrrole nitrogens is 1. The van der Waals surface area contributed by atoms with Crippen molar-refractivity contribution < 1.29 is 13.9 Å². The van der Waals surface area contributed by atoms with E-state index >= 15 is 0 Å². The Bertz CT molecular complexity index is 1570. The quantitative estimate of drug-likeness (QED) is 0.338. The van der Waals surface area contributed by atoms with Gasteiger partial charge in [0, 0.05) is 60.7 Å². The monoisotopic (exact) mass is 565 g/mol. The van der Waals surface area contributed by atoms with Crippen LogP contribution in [0.5, 0.6) is 11.8 Å². The first kappa shape index (κ1) is 25.7. The molecule has 3 fully saturated rings. The molecule has 2 aromatic carbocycles. The van der Waals surface area contributed by atoms with Gasteiger partial charge in [0.25, 0.3) is 0 Å². The molecule has 7 rings (SSSR count). The number of fused-ring (bicyclic) bond motifs is 2. The van der Waals surface area contributed by atoms with Gasteiger partial charge in [-0.1, -0.05) is 17.7 Å². The second kappa shape index (κ2) is 10.3. The van der Waals surface area contributed by atoms with Crippen LogP contribution in [0.3, 0.4) is 0 Å². The maximum absolute atomic E-state index is 14.0. The number of nitrogens with one attached hydrogen (secondary N) is 2. The molecule has 4 heterocycles. The average Bonchev–Trinajstić information content (AvgIpc) is 3.53. The van der Waals surface area contributed by atoms with Crippen LogP contribution in [0.4, 0.5) is 10.2 Å². The number of aryl methyl sites for hydroxylation is 1. The smallest absolute Gasteiger partial charge is 0.319 e. The number of aromatic amines is 1. The van der Waals surface area contributed by atoms with E-state index in [2.05, 4.69) is 33.4 Å². The number of halogens is 2. The summed E-state index contributed by atoms with van der Waals surface area (Å²) < 4.78 is 26.9. The van der Waals surface area contributed by atoms with E-state index in [1.165, 1.54) is 0 Å². The van der Waals surface area contributed by atoms with Crippen molar-refractivity contribution in [2.45, 2.75) is 44.5 Å². The molecule has 0 amide bonds. The Kier molecular flexibility index (Phi) is 6.64. The molecule has 210 valence electrons. The third-order valence-electron chi connectivity index (χ3n) is 8.21. The number of aromatic nitrogens is 4. The van der Waals surface area contributed by atoms with Gasteiger partial charge in [0.05, 0.1) is 22.8 Å². The number of piperazine rings is 1. The highest BCUT2D eigenvalue weighted by Crippen LogP contribution is 2.48. The molecule has 4 aromatic rings. The molecule has 0 unspecified atom stereocenters. The summed E-state index contributed by atoms with van der Waals surface area (Å²) in [6.07, 6.45) is 3.51. The zero-order valence-corrected chi connectivity index (χ0v) is 23.5. The van der Waals surface area contributed by atoms with Crippen LogP contribution < -0.4 is 19.7 Å². The molecular formula is C29H33ClFN7O2. The summed E-state index contributed by atoms with van der Waals surface area (Å²) in [5.41, 5.74) is 4.44. The number of ether oxygens (including phenoxy) is 2. The number of likely N-dealkylation sites (N-methyl/N-ethyl adjacent to an activating group) is 1. The van der Waals surface area contributed by atoms with E-state index in [1.807, 2.05) is 30.3 Å². The van der Waals surface area contributed by atoms with Gasteiger partial charge < -0.3 is 19.7 Å². The summed E-state index contributed by atoms with van der Waals surface area (Å²) >= 11 is 7.14. The van der Waals surface area contributed by atoms with E-state index in [9.17, 15) is 4.39 Å². The van der Waals surface area contributed by atoms with E-state index in [0.717, 1.165) is 77.8 Å². The molecule has 40 heavy (non-hydrogen) atoms. The van der Waals surface area contributed by atoms with Crippen LogP contribution >= 0.6 is 11.6 Å². The van der Waals surface area contributed by atoms with E-state index in [0.29, 0.717) is 35.9 Å². The van der Waals surface area contributed by atoms with Gasteiger partial charge in [0.2, 0.25) is 0 Å². The molecular weight excluding hydrogens is 533 g/mol. The topological polar surface area (TPSA) is 91.4 Å². The molecule has 2 saturated heterocycles. The molecule has 2 aromatic heterocycles. The van der Waals surface area contributed by atoms with E-state index in [1.54, 1.807) is 0 Å². The SMILES string of the molecule is Cc1ccc2[nH]ncc2c1-c1c(Cl)cc2c(N3CCNCC3)nc(OC[C@@H]3C[C@@H](F)CN3C)nc2c1OC1CC1. The van der Waals surface area contributed by atoms with Crippen molar-refractivity contribution in [2.24, 2.45) is 0 Å². The summed E-state index contributed by atoms with van der Waals surface area (Å²) in [5.74, 6) is 1.42. The summed E-state index contributed by atoms with van der Waals surface area (Å²) in [4.78, 5) is 14.1. The van der Waals surface area contributed by atoms with Crippen LogP contribution in [0.1, 0.15) is 24.8 Å². The van der Waals surface area contributed by atoms with Crippen molar-refractivity contribution in [3.63, 3.8) is 0 Å². The number of hydrogen-bond acceptors (Lipinski definition) is 8. The molecule has 9 nitrogen and oxygen atoms in total. The lowest BCUT2D eigenvalue weighted by molar-refractivity contribution is 0.188. The summed E-state index contributed by atoms with van der Waals surface area (Å²) in [7, 11) is 1.93. The number of rotatable bonds is 7. The highest BCUT2D eigenvalue weighted by Gasteiger charge is 2.32. The number of anilines is 1. The fourth-order valence-corrected chi connectivity index (χ4v) is 6.18. The van der Waals surface area contributed by atoms with Crippen molar-refractivity contribution in [3.8, 4) is 22.9 Å². The first-order valence-corrected chi connectivity index (χ1v) is 14.4. The molecule has 11 heteroatoms. The number of benzene rings is 2. The summed E-state index contributed by atoms with van der Waals surface area (Å²) in [5, 5.41) is 13.2. The lowest BCUT2D eigenvalue weighted by Crippen LogP contribution is -2.44. The third kappa shape index (κ3) is 4.71. The minimum absolute atomic E-state index is 0.0266. The van der Waals surface area contributed by atoms with Gasteiger partial charge in [-0.15, -0.1) is 0 Å². The fraction of sp³-hybridized carbons (Fsp3) is 0.483. The van der Waals surface area contributed by atoms with Crippen LogP contribution in [-0.2, 0) is 0 Å². The molecule has 2 aliphatic heterocycles. The van der Waals surface area contributed by atoms with Crippen LogP contribution in [0.2, 0.25) is 5.02 Å². The van der Waals surface area contributed by atoms with Crippen molar-refractivity contribution in [3.05, 3.63) is 35.0 Å². The molecule has 1 aliphatic carbocycles. The second-order valence-corrected chi connectivity index (χ2v) is 11.6. The molecule has 3 aliphatic rings. The van der Waals surface area contributed by atoms with Crippen molar-refractivity contribution in [1.82, 2.24) is 30.4 Å². The molecule has 0 radical (unpaired) electrons. The Hall–Kier alpha value is -3.21. The summed E-state index contributed by atoms with van der Waals surface area (Å²) in [6, 6.07) is 6.29. The lowest BCUT2D eigenvalue weighted by Gasteiger charge is -2.30. The second-order valence-electron chi connectivity index (χ2n) is 11.2. The third-order valence-corrected chi connectivity index (χ3v) is 8.51. The van der Waals surface area contributed by atoms with Gasteiger partial charge in [-0.25, -0.2) is 4.39 Å². The largest absolute Gasteiger partial charge is 0.487 e. The highest BCUT2D eigenvalue weighted by atomic mass is 35.5. The van der Waals surface area contributed by atoms with Crippen LogP contribution in [0.25, 0.3) is 32.9 Å². The Morgan fingerprint density at radius 2 is 1.95 bits per heavy atom. The van der Waals surface area contributed by atoms with Gasteiger partial charge in [0.1, 0.15) is 24.1 Å². The highest BCUT2D eigenvalue weighted by molar-refractivity contribution is 6.35. The minimum Gasteiger partial charge on any atom is -0.487 e. The fourth-order valence-electron chi connectivity index (χ4n) is 5.89. The van der Waals surface area contributed by atoms with Crippen LogP contribution in [0.15, 0.2) is 24.4 Å². The first-order chi connectivity index (χ1) is 19.5. The Morgan fingerprint density at radius 3 is 2.70 bits per heavy atom. The minimum atomic E-state index is -0.843. The van der Waals surface area contributed by atoms with Crippen LogP contribution in [0, 0.1) is 6.92 Å². The number of alkyl halides is 1.